The molecule has 8 aromatic rings. The van der Waals surface area contributed by atoms with E-state index >= 15 is 0 Å². The molecule has 0 aliphatic heterocycles. The Bertz CT molecular complexity index is 2830. The van der Waals surface area contributed by atoms with Crippen LogP contribution in [0.3, 0.4) is 0 Å². The van der Waals surface area contributed by atoms with Gasteiger partial charge in [-0.15, -0.1) is 0 Å². The molecule has 0 radical (unpaired) electrons. The molecule has 4 heterocycles. The number of aliphatic hydroxyl groups excluding tert-OH is 1. The lowest BCUT2D eigenvalue weighted by molar-refractivity contribution is -0.120. The standard InChI is InChI=1S/C23H22FN5O2.C23H20FN5O2/c2*24-15-3-11-19(12-4-15)31-18-9-1-14(2-10-18)21-20-22(25)26-13-27-23(20)29(28-21)16-5-7-17(30)8-6-16/h1-4,9-13,16-17,30H,5-8H2,(H2,25,26,27);1-4,9-13,16H,5-8H2,(H2,25,26,27). The number of nitrogen functional groups attached to an aromatic ring is 2. The minimum absolute atomic E-state index is 0.101. The average Bonchev–Trinajstić information content (AvgIpc) is 3.88. The highest BCUT2D eigenvalue weighted by Crippen LogP contribution is 2.38. The van der Waals surface area contributed by atoms with Gasteiger partial charge in [0.2, 0.25) is 0 Å². The Hall–Kier alpha value is -7.33. The fraction of sp³-hybridized carbons (Fsp3) is 0.239. The summed E-state index contributed by atoms with van der Waals surface area (Å²) in [6.45, 7) is 0. The smallest absolute Gasteiger partial charge is 0.164 e. The lowest BCUT2D eigenvalue weighted by Crippen LogP contribution is -2.22. The van der Waals surface area contributed by atoms with Crippen molar-refractivity contribution < 1.29 is 28.2 Å². The molecule has 0 unspecified atom stereocenters. The maximum atomic E-state index is 13.1. The van der Waals surface area contributed by atoms with Crippen LogP contribution in [0.2, 0.25) is 0 Å². The molecular formula is C46H42F2N10O4. The summed E-state index contributed by atoms with van der Waals surface area (Å²) in [4.78, 5) is 28.9. The first-order valence-electron chi connectivity index (χ1n) is 20.4. The van der Waals surface area contributed by atoms with Crippen LogP contribution in [0.5, 0.6) is 23.0 Å². The van der Waals surface area contributed by atoms with E-state index in [1.807, 2.05) is 57.9 Å². The van der Waals surface area contributed by atoms with Crippen LogP contribution in [-0.4, -0.2) is 56.5 Å². The molecule has 0 saturated heterocycles. The molecule has 4 aromatic carbocycles. The Kier molecular flexibility index (Phi) is 11.2. The van der Waals surface area contributed by atoms with Gasteiger partial charge in [-0.2, -0.15) is 10.2 Å². The van der Waals surface area contributed by atoms with Gasteiger partial charge < -0.3 is 26.0 Å². The summed E-state index contributed by atoms with van der Waals surface area (Å²) in [6, 6.07) is 26.9. The maximum Gasteiger partial charge on any atom is 0.164 e. The molecule has 14 nitrogen and oxygen atoms in total. The zero-order valence-corrected chi connectivity index (χ0v) is 33.4. The molecule has 314 valence electrons. The van der Waals surface area contributed by atoms with E-state index in [1.165, 1.54) is 36.9 Å². The van der Waals surface area contributed by atoms with Gasteiger partial charge in [0.25, 0.3) is 0 Å². The van der Waals surface area contributed by atoms with E-state index in [-0.39, 0.29) is 29.8 Å². The number of benzene rings is 4. The number of nitrogens with zero attached hydrogens (tertiary/aromatic N) is 8. The largest absolute Gasteiger partial charge is 0.457 e. The van der Waals surface area contributed by atoms with Crippen molar-refractivity contribution in [3.8, 4) is 45.5 Å². The SMILES string of the molecule is Nc1ncnc2c1c(-c1ccc(Oc3ccc(F)cc3)cc1)nn2C1CCC(=O)CC1.Nc1ncnc2c1c(-c1ccc(Oc3ccc(F)cc3)cc1)nn2C1CCC(O)CC1. The fourth-order valence-corrected chi connectivity index (χ4v) is 8.02. The molecule has 2 saturated carbocycles. The Morgan fingerprint density at radius 2 is 0.903 bits per heavy atom. The normalized spacial score (nSPS) is 16.9. The number of aromatic nitrogens is 8. The predicted octanol–water partition coefficient (Wildman–Crippen LogP) is 9.17. The number of Topliss-reactive ketones (excluding diaryl/α,β-unsaturated/α-hetero) is 1. The van der Waals surface area contributed by atoms with Crippen molar-refractivity contribution >= 4 is 39.5 Å². The minimum Gasteiger partial charge on any atom is -0.457 e. The molecule has 10 rings (SSSR count). The van der Waals surface area contributed by atoms with Gasteiger partial charge in [0.05, 0.1) is 29.0 Å². The van der Waals surface area contributed by atoms with Crippen LogP contribution in [-0.2, 0) is 4.79 Å². The Labute approximate surface area is 354 Å². The van der Waals surface area contributed by atoms with Crippen molar-refractivity contribution in [1.29, 1.82) is 0 Å². The third kappa shape index (κ3) is 8.49. The molecule has 2 aliphatic carbocycles. The summed E-state index contributed by atoms with van der Waals surface area (Å²) in [5.41, 5.74) is 16.9. The van der Waals surface area contributed by atoms with Gasteiger partial charge in [-0.25, -0.2) is 38.1 Å². The predicted molar refractivity (Wildman–Crippen MR) is 229 cm³/mol. The number of carbonyl (C=O) groups is 1. The molecule has 4 aromatic heterocycles. The van der Waals surface area contributed by atoms with Gasteiger partial charge in [-0.1, -0.05) is 0 Å². The number of halogens is 2. The second-order valence-corrected chi connectivity index (χ2v) is 15.4. The van der Waals surface area contributed by atoms with E-state index in [9.17, 15) is 18.7 Å². The van der Waals surface area contributed by atoms with E-state index in [0.717, 1.165) is 55.0 Å². The number of anilines is 2. The molecule has 0 bridgehead atoms. The maximum absolute atomic E-state index is 13.1. The summed E-state index contributed by atoms with van der Waals surface area (Å²) in [5, 5.41) is 21.0. The number of carbonyl (C=O) groups excluding carboxylic acids is 1. The third-order valence-electron chi connectivity index (χ3n) is 11.3. The zero-order valence-electron chi connectivity index (χ0n) is 33.4. The number of hydrogen-bond acceptors (Lipinski definition) is 12. The van der Waals surface area contributed by atoms with Crippen LogP contribution in [0.15, 0.2) is 110 Å². The molecule has 2 fully saturated rings. The fourth-order valence-electron chi connectivity index (χ4n) is 8.02. The Balaban J connectivity index is 0.000000158. The van der Waals surface area contributed by atoms with E-state index in [1.54, 1.807) is 24.3 Å². The molecule has 0 amide bonds. The van der Waals surface area contributed by atoms with Crippen molar-refractivity contribution in [3.63, 3.8) is 0 Å². The highest BCUT2D eigenvalue weighted by molar-refractivity contribution is 5.99. The van der Waals surface area contributed by atoms with Crippen LogP contribution in [0.1, 0.15) is 63.5 Å². The Morgan fingerprint density at radius 3 is 1.31 bits per heavy atom. The average molecular weight is 837 g/mol. The molecule has 0 spiro atoms. The van der Waals surface area contributed by atoms with Crippen molar-refractivity contribution in [2.45, 2.75) is 69.6 Å². The van der Waals surface area contributed by atoms with Crippen LogP contribution < -0.4 is 20.9 Å². The number of aliphatic hydroxyl groups is 1. The highest BCUT2D eigenvalue weighted by atomic mass is 19.1. The van der Waals surface area contributed by atoms with Crippen molar-refractivity contribution in [2.24, 2.45) is 0 Å². The van der Waals surface area contributed by atoms with Crippen molar-refractivity contribution in [2.75, 3.05) is 11.5 Å². The lowest BCUT2D eigenvalue weighted by Gasteiger charge is -2.25. The topological polar surface area (TPSA) is 195 Å². The van der Waals surface area contributed by atoms with E-state index in [2.05, 4.69) is 19.9 Å². The lowest BCUT2D eigenvalue weighted by atomic mass is 9.93. The van der Waals surface area contributed by atoms with Crippen LogP contribution in [0, 0.1) is 11.6 Å². The third-order valence-corrected chi connectivity index (χ3v) is 11.3. The van der Waals surface area contributed by atoms with Gasteiger partial charge in [0.15, 0.2) is 11.3 Å². The van der Waals surface area contributed by atoms with E-state index in [4.69, 9.17) is 31.1 Å². The number of ketones is 1. The molecule has 2 aliphatic rings. The van der Waals surface area contributed by atoms with E-state index in [0.29, 0.717) is 81.3 Å². The quantitative estimate of drug-likeness (QED) is 0.132. The molecule has 0 atom stereocenters. The van der Waals surface area contributed by atoms with Crippen molar-refractivity contribution in [3.05, 3.63) is 121 Å². The first kappa shape index (κ1) is 40.1. The minimum atomic E-state index is -0.313. The van der Waals surface area contributed by atoms with Crippen LogP contribution in [0.25, 0.3) is 44.6 Å². The Morgan fingerprint density at radius 1 is 0.532 bits per heavy atom. The number of nitrogens with two attached hydrogens (primary N) is 2. The second kappa shape index (κ2) is 17.3. The number of ether oxygens (including phenoxy) is 2. The molecule has 5 N–H and O–H groups in total. The van der Waals surface area contributed by atoms with Gasteiger partial charge in [0.1, 0.15) is 76.1 Å². The van der Waals surface area contributed by atoms with Gasteiger partial charge in [-0.05, 0) is 136 Å². The van der Waals surface area contributed by atoms with Crippen LogP contribution >= 0.6 is 0 Å². The van der Waals surface area contributed by atoms with Crippen LogP contribution in [0.4, 0.5) is 20.4 Å². The monoisotopic (exact) mass is 836 g/mol. The molecule has 62 heavy (non-hydrogen) atoms. The van der Waals surface area contributed by atoms with E-state index < -0.39 is 0 Å². The summed E-state index contributed by atoms with van der Waals surface area (Å²) in [6.07, 6.45) is 8.41. The summed E-state index contributed by atoms with van der Waals surface area (Å²) >= 11 is 0. The summed E-state index contributed by atoms with van der Waals surface area (Å²) < 4.78 is 41.5. The zero-order chi connectivity index (χ0) is 42.7. The highest BCUT2D eigenvalue weighted by Gasteiger charge is 2.28. The number of fused-ring (bicyclic) bond motifs is 2. The summed E-state index contributed by atoms with van der Waals surface area (Å²) in [5.74, 6) is 2.77. The number of hydrogen-bond donors (Lipinski definition) is 3. The second-order valence-electron chi connectivity index (χ2n) is 15.4. The molecule has 16 heteroatoms. The van der Waals surface area contributed by atoms with Gasteiger partial charge in [0, 0.05) is 24.0 Å². The number of rotatable bonds is 8. The van der Waals surface area contributed by atoms with Crippen molar-refractivity contribution in [1.82, 2.24) is 39.5 Å². The summed E-state index contributed by atoms with van der Waals surface area (Å²) in [7, 11) is 0. The molecular weight excluding hydrogens is 795 g/mol. The first-order chi connectivity index (χ1) is 30.2. The first-order valence-corrected chi connectivity index (χ1v) is 20.4. The van der Waals surface area contributed by atoms with Gasteiger partial charge in [-0.3, -0.25) is 4.79 Å². The van der Waals surface area contributed by atoms with Gasteiger partial charge >= 0.3 is 0 Å².